The van der Waals surface area contributed by atoms with Gasteiger partial charge < -0.3 is 20.7 Å². The van der Waals surface area contributed by atoms with E-state index in [-0.39, 0.29) is 23.8 Å². The predicted octanol–water partition coefficient (Wildman–Crippen LogP) is 1.59. The molecule has 1 heterocycles. The highest BCUT2D eigenvalue weighted by atomic mass is 16.4. The van der Waals surface area contributed by atoms with E-state index >= 15 is 0 Å². The second-order valence-electron chi connectivity index (χ2n) is 6.78. The van der Waals surface area contributed by atoms with Crippen molar-refractivity contribution in [3.05, 3.63) is 59.4 Å². The Labute approximate surface area is 162 Å². The number of aromatic nitrogens is 1. The van der Waals surface area contributed by atoms with Crippen LogP contribution in [0.4, 0.5) is 0 Å². The number of carbonyl (C=O) groups is 4. The van der Waals surface area contributed by atoms with Crippen LogP contribution < -0.4 is 10.6 Å². The smallest absolute Gasteiger partial charge is 0.326 e. The number of carboxylic acids is 1. The summed E-state index contributed by atoms with van der Waals surface area (Å²) in [5, 5.41) is 14.0. The molecule has 0 fully saturated rings. The topological polar surface area (TPSA) is 128 Å². The lowest BCUT2D eigenvalue weighted by molar-refractivity contribution is -0.142. The molecule has 0 radical (unpaired) electrons. The van der Waals surface area contributed by atoms with Crippen LogP contribution in [0.3, 0.4) is 0 Å². The van der Waals surface area contributed by atoms with E-state index in [9.17, 15) is 19.2 Å². The van der Waals surface area contributed by atoms with Gasteiger partial charge in [-0.05, 0) is 30.5 Å². The number of carbonyl (C=O) groups excluding carboxylic acids is 3. The molecule has 2 aromatic rings. The molecule has 2 amide bonds. The Hall–Kier alpha value is -3.42. The molecule has 1 aromatic carbocycles. The highest BCUT2D eigenvalue weighted by Crippen LogP contribution is 2.11. The molecule has 0 spiro atoms. The minimum atomic E-state index is -1.11. The van der Waals surface area contributed by atoms with Crippen LogP contribution in [0.15, 0.2) is 42.7 Å². The maximum Gasteiger partial charge on any atom is 0.326 e. The number of hydrogen-bond acceptors (Lipinski definition) is 4. The molecule has 0 bridgehead atoms. The number of nitrogens with one attached hydrogen (secondary N) is 3. The zero-order chi connectivity index (χ0) is 20.7. The average molecular weight is 385 g/mol. The molecular formula is C20H23N3O5. The van der Waals surface area contributed by atoms with E-state index in [1.165, 1.54) is 24.3 Å². The van der Waals surface area contributed by atoms with Gasteiger partial charge >= 0.3 is 5.97 Å². The van der Waals surface area contributed by atoms with Crippen LogP contribution in [0.5, 0.6) is 0 Å². The molecule has 0 aliphatic rings. The van der Waals surface area contributed by atoms with Gasteiger partial charge in [-0.3, -0.25) is 14.4 Å². The van der Waals surface area contributed by atoms with E-state index < -0.39 is 23.8 Å². The summed E-state index contributed by atoms with van der Waals surface area (Å²) < 4.78 is 0. The molecule has 1 aromatic heterocycles. The first-order valence-corrected chi connectivity index (χ1v) is 8.86. The third kappa shape index (κ3) is 5.80. The van der Waals surface area contributed by atoms with Crippen molar-refractivity contribution in [3.63, 3.8) is 0 Å². The van der Waals surface area contributed by atoms with Gasteiger partial charge in [-0.25, -0.2) is 4.79 Å². The summed E-state index contributed by atoms with van der Waals surface area (Å²) in [5.74, 6) is -2.26. The molecule has 8 heteroatoms. The van der Waals surface area contributed by atoms with Crippen LogP contribution in [0.2, 0.25) is 0 Å². The minimum Gasteiger partial charge on any atom is -0.480 e. The van der Waals surface area contributed by atoms with Gasteiger partial charge in [0.2, 0.25) is 5.91 Å². The third-order valence-corrected chi connectivity index (χ3v) is 4.02. The van der Waals surface area contributed by atoms with Gasteiger partial charge in [0.1, 0.15) is 6.04 Å². The minimum absolute atomic E-state index is 0.100. The number of hydrogen-bond donors (Lipinski definition) is 4. The van der Waals surface area contributed by atoms with Crippen LogP contribution >= 0.6 is 0 Å². The highest BCUT2D eigenvalue weighted by Gasteiger charge is 2.21. The van der Waals surface area contributed by atoms with Crippen molar-refractivity contribution in [1.82, 2.24) is 15.6 Å². The molecule has 1 atom stereocenters. The second-order valence-corrected chi connectivity index (χ2v) is 6.78. The summed E-state index contributed by atoms with van der Waals surface area (Å²) in [5.41, 5.74) is 1.24. The standard InChI is InChI=1S/C20H23N3O5/c1-12(2)9-16(20(27)28)23-17(24)11-22-19(26)14-5-3-13(4-6-14)18(25)15-7-8-21-10-15/h3-8,10,12,16,21H,9,11H2,1-2H3,(H,22,26)(H,23,24)(H,27,28)/t16-/m0/s1. The van der Waals surface area contributed by atoms with Crippen molar-refractivity contribution in [2.45, 2.75) is 26.3 Å². The second kappa shape index (κ2) is 9.50. The summed E-state index contributed by atoms with van der Waals surface area (Å²) in [6, 6.07) is 6.72. The van der Waals surface area contributed by atoms with Crippen molar-refractivity contribution < 1.29 is 24.3 Å². The van der Waals surface area contributed by atoms with Crippen molar-refractivity contribution >= 4 is 23.6 Å². The molecule has 8 nitrogen and oxygen atoms in total. The Balaban J connectivity index is 1.89. The first-order chi connectivity index (χ1) is 13.3. The first kappa shape index (κ1) is 20.9. The number of aromatic amines is 1. The Bertz CT molecular complexity index is 841. The maximum absolute atomic E-state index is 12.2. The van der Waals surface area contributed by atoms with E-state index in [4.69, 9.17) is 5.11 Å². The van der Waals surface area contributed by atoms with Gasteiger partial charge in [-0.1, -0.05) is 26.0 Å². The fourth-order valence-electron chi connectivity index (χ4n) is 2.61. The predicted molar refractivity (Wildman–Crippen MR) is 102 cm³/mol. The SMILES string of the molecule is CC(C)C[C@H](NC(=O)CNC(=O)c1ccc(C(=O)c2cc[nH]c2)cc1)C(=O)O. The van der Waals surface area contributed by atoms with Crippen LogP contribution in [0, 0.1) is 5.92 Å². The molecule has 148 valence electrons. The summed E-state index contributed by atoms with van der Waals surface area (Å²) in [6.07, 6.45) is 3.53. The molecule has 0 unspecified atom stereocenters. The van der Waals surface area contributed by atoms with E-state index in [1.54, 1.807) is 18.5 Å². The molecule has 2 rings (SSSR count). The van der Waals surface area contributed by atoms with E-state index in [1.807, 2.05) is 13.8 Å². The number of ketones is 1. The Kier molecular flexibility index (Phi) is 7.08. The van der Waals surface area contributed by atoms with Gasteiger partial charge in [0, 0.05) is 29.1 Å². The van der Waals surface area contributed by atoms with Gasteiger partial charge in [0.05, 0.1) is 6.54 Å². The van der Waals surface area contributed by atoms with Crippen molar-refractivity contribution in [2.75, 3.05) is 6.54 Å². The molecule has 0 aliphatic carbocycles. The Morgan fingerprint density at radius 2 is 1.64 bits per heavy atom. The van der Waals surface area contributed by atoms with E-state index in [0.717, 1.165) is 0 Å². The van der Waals surface area contributed by atoms with Crippen molar-refractivity contribution in [3.8, 4) is 0 Å². The van der Waals surface area contributed by atoms with Crippen molar-refractivity contribution in [1.29, 1.82) is 0 Å². The fourth-order valence-corrected chi connectivity index (χ4v) is 2.61. The van der Waals surface area contributed by atoms with Crippen molar-refractivity contribution in [2.24, 2.45) is 5.92 Å². The first-order valence-electron chi connectivity index (χ1n) is 8.86. The number of amides is 2. The lowest BCUT2D eigenvalue weighted by Crippen LogP contribution is -2.46. The largest absolute Gasteiger partial charge is 0.480 e. The van der Waals surface area contributed by atoms with E-state index in [2.05, 4.69) is 15.6 Å². The third-order valence-electron chi connectivity index (χ3n) is 4.02. The van der Waals surface area contributed by atoms with E-state index in [0.29, 0.717) is 17.5 Å². The summed E-state index contributed by atoms with van der Waals surface area (Å²) in [6.45, 7) is 3.37. The number of aliphatic carboxylic acids is 1. The van der Waals surface area contributed by atoms with Crippen LogP contribution in [-0.4, -0.2) is 46.2 Å². The van der Waals surface area contributed by atoms with Gasteiger partial charge in [0.15, 0.2) is 5.78 Å². The average Bonchev–Trinajstić information content (AvgIpc) is 3.19. The van der Waals surface area contributed by atoms with Gasteiger partial charge in [0.25, 0.3) is 5.91 Å². The highest BCUT2D eigenvalue weighted by molar-refractivity contribution is 6.09. The van der Waals surface area contributed by atoms with Crippen LogP contribution in [-0.2, 0) is 9.59 Å². The monoisotopic (exact) mass is 385 g/mol. The summed E-state index contributed by atoms with van der Waals surface area (Å²) >= 11 is 0. The molecule has 4 N–H and O–H groups in total. The zero-order valence-corrected chi connectivity index (χ0v) is 15.7. The summed E-state index contributed by atoms with van der Waals surface area (Å²) in [4.78, 5) is 50.3. The Morgan fingerprint density at radius 1 is 1.00 bits per heavy atom. The quantitative estimate of drug-likeness (QED) is 0.487. The molecule has 0 saturated carbocycles. The number of H-pyrrole nitrogens is 1. The van der Waals surface area contributed by atoms with Gasteiger partial charge in [-0.15, -0.1) is 0 Å². The normalized spacial score (nSPS) is 11.7. The Morgan fingerprint density at radius 3 is 2.18 bits per heavy atom. The summed E-state index contributed by atoms with van der Waals surface area (Å²) in [7, 11) is 0. The molecule has 0 saturated heterocycles. The van der Waals surface area contributed by atoms with Crippen LogP contribution in [0.25, 0.3) is 0 Å². The zero-order valence-electron chi connectivity index (χ0n) is 15.7. The number of rotatable bonds is 9. The lowest BCUT2D eigenvalue weighted by atomic mass is 10.0. The molecule has 0 aliphatic heterocycles. The fraction of sp³-hybridized carbons (Fsp3) is 0.300. The molecule has 28 heavy (non-hydrogen) atoms. The molecular weight excluding hydrogens is 362 g/mol. The lowest BCUT2D eigenvalue weighted by Gasteiger charge is -2.16. The van der Waals surface area contributed by atoms with Gasteiger partial charge in [-0.2, -0.15) is 0 Å². The van der Waals surface area contributed by atoms with Crippen LogP contribution in [0.1, 0.15) is 46.5 Å². The number of benzene rings is 1. The number of carboxylic acid groups (broad SMARTS) is 1. The maximum atomic E-state index is 12.2.